The van der Waals surface area contributed by atoms with Gasteiger partial charge in [-0.25, -0.2) is 0 Å². The molecule has 0 bridgehead atoms. The van der Waals surface area contributed by atoms with E-state index in [9.17, 15) is 4.79 Å². The molecule has 0 fully saturated rings. The smallest absolute Gasteiger partial charge is 0.272 e. The zero-order valence-electron chi connectivity index (χ0n) is 7.71. The normalized spacial score (nSPS) is 10.8. The van der Waals surface area contributed by atoms with E-state index in [0.29, 0.717) is 17.4 Å². The van der Waals surface area contributed by atoms with Gasteiger partial charge in [-0.3, -0.25) is 4.79 Å². The fourth-order valence-electron chi connectivity index (χ4n) is 1.09. The molecule has 4 heteroatoms. The lowest BCUT2D eigenvalue weighted by Crippen LogP contribution is -2.46. The van der Waals surface area contributed by atoms with Crippen molar-refractivity contribution in [2.75, 3.05) is 27.2 Å². The van der Waals surface area contributed by atoms with Gasteiger partial charge in [-0.2, -0.15) is 5.26 Å². The van der Waals surface area contributed by atoms with Gasteiger partial charge in [0, 0.05) is 12.8 Å². The molecular formula is C8H16N3O+. The summed E-state index contributed by atoms with van der Waals surface area (Å²) in [6.45, 7) is 1.15. The number of rotatable bonds is 5. The number of hydrogen-bond acceptors (Lipinski definition) is 2. The van der Waals surface area contributed by atoms with E-state index < -0.39 is 0 Å². The molecule has 0 aromatic rings. The molecule has 12 heavy (non-hydrogen) atoms. The Morgan fingerprint density at radius 1 is 1.58 bits per heavy atom. The Balaban J connectivity index is 3.72. The van der Waals surface area contributed by atoms with Crippen molar-refractivity contribution in [3.63, 3.8) is 0 Å². The number of hydrogen-bond donors (Lipinski definition) is 1. The van der Waals surface area contributed by atoms with Gasteiger partial charge in [0.05, 0.1) is 26.7 Å². The van der Waals surface area contributed by atoms with Crippen molar-refractivity contribution in [1.82, 2.24) is 0 Å². The third-order valence-electron chi connectivity index (χ3n) is 1.64. The first kappa shape index (κ1) is 10.9. The molecule has 0 atom stereocenters. The van der Waals surface area contributed by atoms with E-state index in [1.54, 1.807) is 0 Å². The van der Waals surface area contributed by atoms with E-state index in [1.807, 2.05) is 14.1 Å². The molecule has 0 saturated heterocycles. The Labute approximate surface area is 73.2 Å². The fourth-order valence-corrected chi connectivity index (χ4v) is 1.09. The minimum absolute atomic E-state index is 0.294. The van der Waals surface area contributed by atoms with Crippen LogP contribution in [0.25, 0.3) is 0 Å². The lowest BCUT2D eigenvalue weighted by Gasteiger charge is -2.27. The minimum atomic E-state index is -0.294. The summed E-state index contributed by atoms with van der Waals surface area (Å²) in [5.41, 5.74) is 5.06. The number of nitriles is 1. The van der Waals surface area contributed by atoms with Gasteiger partial charge >= 0.3 is 0 Å². The summed E-state index contributed by atoms with van der Waals surface area (Å²) < 4.78 is 0.566. The number of primary amides is 1. The summed E-state index contributed by atoms with van der Waals surface area (Å²) in [5, 5.41) is 8.30. The Morgan fingerprint density at radius 2 is 2.17 bits per heavy atom. The molecule has 4 nitrogen and oxygen atoms in total. The highest BCUT2D eigenvalue weighted by Gasteiger charge is 2.16. The summed E-state index contributed by atoms with van der Waals surface area (Å²) >= 11 is 0. The lowest BCUT2D eigenvalue weighted by atomic mass is 10.3. The van der Waals surface area contributed by atoms with Crippen LogP contribution in [-0.2, 0) is 4.79 Å². The van der Waals surface area contributed by atoms with E-state index in [2.05, 4.69) is 6.07 Å². The van der Waals surface area contributed by atoms with Gasteiger partial charge in [-0.1, -0.05) is 0 Å². The molecule has 0 aliphatic carbocycles. The molecule has 0 radical (unpaired) electrons. The maximum Gasteiger partial charge on any atom is 0.272 e. The zero-order chi connectivity index (χ0) is 9.61. The van der Waals surface area contributed by atoms with Crippen LogP contribution >= 0.6 is 0 Å². The van der Waals surface area contributed by atoms with Crippen LogP contribution in [0, 0.1) is 11.3 Å². The van der Waals surface area contributed by atoms with E-state index in [0.717, 1.165) is 13.0 Å². The number of carbonyl (C=O) groups excluding carboxylic acids is 1. The number of nitrogens with zero attached hydrogens (tertiary/aromatic N) is 2. The molecule has 0 heterocycles. The summed E-state index contributed by atoms with van der Waals surface area (Å²) in [6.07, 6.45) is 1.36. The standard InChI is InChI=1S/C8H15N3O/c1-11(2,7-8(10)12)6-4-3-5-9/h3-4,6-7H2,1-2H3,(H-,10,12)/p+1. The van der Waals surface area contributed by atoms with Gasteiger partial charge in [-0.15, -0.1) is 0 Å². The molecule has 0 unspecified atom stereocenters. The Kier molecular flexibility index (Phi) is 4.30. The fraction of sp³-hybridized carbons (Fsp3) is 0.750. The van der Waals surface area contributed by atoms with Gasteiger partial charge in [0.1, 0.15) is 0 Å². The number of quaternary nitrogens is 1. The molecule has 0 saturated carbocycles. The maximum atomic E-state index is 10.6. The van der Waals surface area contributed by atoms with Crippen molar-refractivity contribution < 1.29 is 9.28 Å². The van der Waals surface area contributed by atoms with Gasteiger partial charge in [-0.05, 0) is 0 Å². The first-order valence-corrected chi connectivity index (χ1v) is 3.95. The third-order valence-corrected chi connectivity index (χ3v) is 1.64. The van der Waals surface area contributed by atoms with Crippen LogP contribution in [0.5, 0.6) is 0 Å². The number of likely N-dealkylation sites (N-methyl/N-ethyl adjacent to an activating group) is 1. The number of carbonyl (C=O) groups is 1. The molecule has 1 amide bonds. The zero-order valence-corrected chi connectivity index (χ0v) is 7.71. The number of amides is 1. The molecule has 0 aromatic heterocycles. The molecule has 0 spiro atoms. The van der Waals surface area contributed by atoms with Crippen LogP contribution in [0.4, 0.5) is 0 Å². The molecule has 0 rings (SSSR count). The van der Waals surface area contributed by atoms with Crippen molar-refractivity contribution in [1.29, 1.82) is 5.26 Å². The van der Waals surface area contributed by atoms with Crippen LogP contribution in [0.1, 0.15) is 12.8 Å². The van der Waals surface area contributed by atoms with Crippen LogP contribution < -0.4 is 5.73 Å². The van der Waals surface area contributed by atoms with Crippen molar-refractivity contribution in [2.24, 2.45) is 5.73 Å². The average Bonchev–Trinajstić information content (AvgIpc) is 1.84. The van der Waals surface area contributed by atoms with E-state index in [-0.39, 0.29) is 5.91 Å². The Morgan fingerprint density at radius 3 is 2.58 bits per heavy atom. The number of unbranched alkanes of at least 4 members (excludes halogenated alkanes) is 1. The van der Waals surface area contributed by atoms with Gasteiger partial charge in [0.25, 0.3) is 5.91 Å². The molecule has 0 aliphatic rings. The second-order valence-electron chi connectivity index (χ2n) is 3.55. The Bertz CT molecular complexity index is 193. The van der Waals surface area contributed by atoms with Crippen molar-refractivity contribution in [3.05, 3.63) is 0 Å². The highest BCUT2D eigenvalue weighted by molar-refractivity contribution is 5.74. The van der Waals surface area contributed by atoms with Crippen molar-refractivity contribution in [3.8, 4) is 6.07 Å². The minimum Gasteiger partial charge on any atom is -0.365 e. The van der Waals surface area contributed by atoms with Crippen LogP contribution in [0.2, 0.25) is 0 Å². The molecule has 0 aromatic carbocycles. The summed E-state index contributed by atoms with van der Waals surface area (Å²) in [5.74, 6) is -0.294. The van der Waals surface area contributed by atoms with Crippen LogP contribution in [0.3, 0.4) is 0 Å². The van der Waals surface area contributed by atoms with Gasteiger partial charge in [0.2, 0.25) is 0 Å². The van der Waals surface area contributed by atoms with Crippen molar-refractivity contribution >= 4 is 5.91 Å². The first-order chi connectivity index (χ1) is 5.48. The second-order valence-corrected chi connectivity index (χ2v) is 3.55. The van der Waals surface area contributed by atoms with Gasteiger partial charge in [0.15, 0.2) is 6.54 Å². The lowest BCUT2D eigenvalue weighted by molar-refractivity contribution is -0.882. The predicted molar refractivity (Wildman–Crippen MR) is 45.9 cm³/mol. The first-order valence-electron chi connectivity index (χ1n) is 3.95. The maximum absolute atomic E-state index is 10.6. The Hall–Kier alpha value is -1.08. The topological polar surface area (TPSA) is 66.9 Å². The predicted octanol–water partition coefficient (Wildman–Crippen LogP) is -0.148. The van der Waals surface area contributed by atoms with Crippen LogP contribution in [-0.4, -0.2) is 37.6 Å². The van der Waals surface area contributed by atoms with E-state index in [4.69, 9.17) is 11.0 Å². The second kappa shape index (κ2) is 4.73. The van der Waals surface area contributed by atoms with E-state index in [1.165, 1.54) is 0 Å². The number of nitrogens with two attached hydrogens (primary N) is 1. The highest BCUT2D eigenvalue weighted by Crippen LogP contribution is 1.99. The van der Waals surface area contributed by atoms with E-state index >= 15 is 0 Å². The molecular weight excluding hydrogens is 154 g/mol. The van der Waals surface area contributed by atoms with Crippen LogP contribution in [0.15, 0.2) is 0 Å². The molecule has 2 N–H and O–H groups in total. The largest absolute Gasteiger partial charge is 0.365 e. The monoisotopic (exact) mass is 170 g/mol. The van der Waals surface area contributed by atoms with Crippen molar-refractivity contribution in [2.45, 2.75) is 12.8 Å². The molecule has 0 aliphatic heterocycles. The molecule has 68 valence electrons. The summed E-state index contributed by atoms with van der Waals surface area (Å²) in [4.78, 5) is 10.6. The SMILES string of the molecule is C[N+](C)(CCCC#N)CC(N)=O. The highest BCUT2D eigenvalue weighted by atomic mass is 16.1. The van der Waals surface area contributed by atoms with Gasteiger partial charge < -0.3 is 10.2 Å². The summed E-state index contributed by atoms with van der Waals surface area (Å²) in [6, 6.07) is 2.07. The average molecular weight is 170 g/mol. The third kappa shape index (κ3) is 5.69. The quantitative estimate of drug-likeness (QED) is 0.460. The summed E-state index contributed by atoms with van der Waals surface area (Å²) in [7, 11) is 3.87.